The molecule has 0 amide bonds. The molecule has 0 radical (unpaired) electrons. The Balaban J connectivity index is 1.09. The second kappa shape index (κ2) is 13.3. The van der Waals surface area contributed by atoms with E-state index in [9.17, 15) is 0 Å². The number of hydrogen-bond donors (Lipinski definition) is 1. The van der Waals surface area contributed by atoms with Crippen LogP contribution in [0.5, 0.6) is 0 Å². The maximum Gasteiger partial charge on any atom is 0.0482 e. The summed E-state index contributed by atoms with van der Waals surface area (Å²) in [5, 5.41) is 3.91. The molecule has 1 nitrogen and oxygen atoms in total. The fraction of sp³-hybridized carbons (Fsp3) is 0.0833. The molecule has 2 atom stereocenters. The van der Waals surface area contributed by atoms with Crippen molar-refractivity contribution in [2.75, 3.05) is 0 Å². The Kier molecular flexibility index (Phi) is 8.25. The van der Waals surface area contributed by atoms with Gasteiger partial charge in [0.2, 0.25) is 0 Å². The zero-order chi connectivity index (χ0) is 33.2. The first-order valence-electron chi connectivity index (χ1n) is 17.2. The smallest absolute Gasteiger partial charge is 0.0482 e. The van der Waals surface area contributed by atoms with Gasteiger partial charge in [-0.15, -0.1) is 0 Å². The summed E-state index contributed by atoms with van der Waals surface area (Å²) in [4.78, 5) is 0. The van der Waals surface area contributed by atoms with Crippen molar-refractivity contribution < 1.29 is 0 Å². The molecule has 6 aromatic rings. The summed E-state index contributed by atoms with van der Waals surface area (Å²) in [5.74, 6) is 0.379. The summed E-state index contributed by atoms with van der Waals surface area (Å²) in [6.07, 6.45) is 8.06. The average molecular weight is 630 g/mol. The van der Waals surface area contributed by atoms with Crippen molar-refractivity contribution in [2.24, 2.45) is 0 Å². The van der Waals surface area contributed by atoms with Crippen molar-refractivity contribution in [3.05, 3.63) is 210 Å². The lowest BCUT2D eigenvalue weighted by Gasteiger charge is -2.34. The third-order valence-electron chi connectivity index (χ3n) is 10.0. The molecule has 2 aliphatic rings. The van der Waals surface area contributed by atoms with Crippen LogP contribution in [0.3, 0.4) is 0 Å². The third-order valence-corrected chi connectivity index (χ3v) is 10.0. The van der Waals surface area contributed by atoms with E-state index >= 15 is 0 Å². The monoisotopic (exact) mass is 629 g/mol. The molecule has 0 aliphatic heterocycles. The van der Waals surface area contributed by atoms with Crippen LogP contribution in [0.4, 0.5) is 0 Å². The summed E-state index contributed by atoms with van der Waals surface area (Å²) < 4.78 is 0. The van der Waals surface area contributed by atoms with Crippen LogP contribution in [0.2, 0.25) is 0 Å². The summed E-state index contributed by atoms with van der Waals surface area (Å²) in [7, 11) is 0. The molecule has 0 heterocycles. The van der Waals surface area contributed by atoms with Crippen LogP contribution >= 0.6 is 0 Å². The van der Waals surface area contributed by atoms with Crippen LogP contribution in [0.25, 0.3) is 50.2 Å². The van der Waals surface area contributed by atoms with Crippen LogP contribution in [0.1, 0.15) is 41.5 Å². The summed E-state index contributed by atoms with van der Waals surface area (Å²) >= 11 is 0. The second-order valence-electron chi connectivity index (χ2n) is 13.1. The molecular formula is C48H39N. The lowest BCUT2D eigenvalue weighted by molar-refractivity contribution is 0.737. The fourth-order valence-electron chi connectivity index (χ4n) is 7.36. The highest BCUT2D eigenvalue weighted by atomic mass is 14.9. The third kappa shape index (κ3) is 6.12. The van der Waals surface area contributed by atoms with Crippen molar-refractivity contribution in [3.63, 3.8) is 0 Å². The predicted octanol–water partition coefficient (Wildman–Crippen LogP) is 12.2. The van der Waals surface area contributed by atoms with E-state index in [-0.39, 0.29) is 6.04 Å². The van der Waals surface area contributed by atoms with Gasteiger partial charge in [0.15, 0.2) is 0 Å². The van der Waals surface area contributed by atoms with Crippen LogP contribution in [-0.2, 0) is 0 Å². The van der Waals surface area contributed by atoms with E-state index in [1.807, 2.05) is 6.07 Å². The van der Waals surface area contributed by atoms with Gasteiger partial charge in [-0.3, -0.25) is 0 Å². The highest BCUT2D eigenvalue weighted by Crippen LogP contribution is 2.50. The van der Waals surface area contributed by atoms with Gasteiger partial charge in [0.25, 0.3) is 0 Å². The topological polar surface area (TPSA) is 12.0 Å². The molecule has 6 aromatic carbocycles. The lowest BCUT2D eigenvalue weighted by Crippen LogP contribution is -2.27. The first-order chi connectivity index (χ1) is 24.1. The molecule has 1 N–H and O–H groups in total. The molecule has 49 heavy (non-hydrogen) atoms. The molecule has 2 aliphatic carbocycles. The van der Waals surface area contributed by atoms with Gasteiger partial charge in [0, 0.05) is 17.7 Å². The van der Waals surface area contributed by atoms with Crippen molar-refractivity contribution >= 4 is 16.8 Å². The van der Waals surface area contributed by atoms with Crippen molar-refractivity contribution in [3.8, 4) is 33.4 Å². The fourth-order valence-corrected chi connectivity index (χ4v) is 7.36. The summed E-state index contributed by atoms with van der Waals surface area (Å²) in [6, 6.07) is 56.6. The van der Waals surface area contributed by atoms with E-state index in [4.69, 9.17) is 0 Å². The Hall–Kier alpha value is -5.92. The van der Waals surface area contributed by atoms with Gasteiger partial charge < -0.3 is 5.32 Å². The molecule has 8 rings (SSSR count). The second-order valence-corrected chi connectivity index (χ2v) is 13.1. The molecule has 236 valence electrons. The van der Waals surface area contributed by atoms with Crippen molar-refractivity contribution in [1.82, 2.24) is 5.32 Å². The van der Waals surface area contributed by atoms with Crippen LogP contribution in [-0.4, -0.2) is 6.04 Å². The number of benzene rings is 6. The van der Waals surface area contributed by atoms with E-state index in [0.29, 0.717) is 5.92 Å². The molecular weight excluding hydrogens is 591 g/mol. The number of hydrogen-bond acceptors (Lipinski definition) is 1. The minimum atomic E-state index is 0.0952. The van der Waals surface area contributed by atoms with Gasteiger partial charge in [0.05, 0.1) is 0 Å². The van der Waals surface area contributed by atoms with E-state index in [2.05, 4.69) is 189 Å². The van der Waals surface area contributed by atoms with Crippen LogP contribution in [0.15, 0.2) is 188 Å². The molecule has 0 saturated heterocycles. The Labute approximate surface area is 290 Å². The summed E-state index contributed by atoms with van der Waals surface area (Å²) in [5.41, 5.74) is 17.3. The normalized spacial score (nSPS) is 15.5. The SMILES string of the molecule is C=C(/C=C(\NC(C)C1=CCC2C(=C1)c1ccccc1-c1ccccc12)c1ccc(-c2ccc(-c3ccccc3)cc2)cc1)c1ccccc1. The Bertz CT molecular complexity index is 2220. The average Bonchev–Trinajstić information content (AvgIpc) is 3.18. The van der Waals surface area contributed by atoms with Gasteiger partial charge in [-0.05, 0) is 91.8 Å². The zero-order valence-corrected chi connectivity index (χ0v) is 27.8. The number of allylic oxidation sites excluding steroid dienone is 4. The number of nitrogens with one attached hydrogen (secondary N) is 1. The highest BCUT2D eigenvalue weighted by Gasteiger charge is 2.30. The number of fused-ring (bicyclic) bond motifs is 6. The van der Waals surface area contributed by atoms with Gasteiger partial charge in [-0.2, -0.15) is 0 Å². The maximum atomic E-state index is 4.47. The molecule has 0 fully saturated rings. The van der Waals surface area contributed by atoms with Gasteiger partial charge in [0.1, 0.15) is 0 Å². The molecule has 0 bridgehead atoms. The quantitative estimate of drug-likeness (QED) is 0.165. The van der Waals surface area contributed by atoms with Gasteiger partial charge in [-0.25, -0.2) is 0 Å². The standard InChI is InChI=1S/C48H39N/c1-33(35-13-5-3-6-14-35)31-48(40-27-25-39(26-28-40)38-23-21-37(22-24-38)36-15-7-4-8-16-36)49-34(2)41-29-30-46-44-19-10-9-17-42(44)43-18-11-12-20-45(43)47(46)32-41/h3-29,31-32,34,46,49H,1,30H2,2H3/b48-31-. The van der Waals surface area contributed by atoms with Crippen molar-refractivity contribution in [2.45, 2.75) is 25.3 Å². The Morgan fingerprint density at radius 2 is 1.12 bits per heavy atom. The van der Waals surface area contributed by atoms with E-state index in [1.165, 1.54) is 55.7 Å². The first-order valence-corrected chi connectivity index (χ1v) is 17.2. The first kappa shape index (κ1) is 30.4. The Morgan fingerprint density at radius 3 is 1.80 bits per heavy atom. The van der Waals surface area contributed by atoms with Gasteiger partial charge in [-0.1, -0.05) is 176 Å². The zero-order valence-electron chi connectivity index (χ0n) is 27.8. The van der Waals surface area contributed by atoms with E-state index in [0.717, 1.165) is 28.8 Å². The molecule has 2 unspecified atom stereocenters. The predicted molar refractivity (Wildman–Crippen MR) is 209 cm³/mol. The van der Waals surface area contributed by atoms with Crippen molar-refractivity contribution in [1.29, 1.82) is 0 Å². The van der Waals surface area contributed by atoms with E-state index in [1.54, 1.807) is 0 Å². The van der Waals surface area contributed by atoms with Gasteiger partial charge >= 0.3 is 0 Å². The lowest BCUT2D eigenvalue weighted by atomic mass is 9.71. The maximum absolute atomic E-state index is 4.47. The Morgan fingerprint density at radius 1 is 0.592 bits per heavy atom. The molecule has 1 heteroatoms. The highest BCUT2D eigenvalue weighted by molar-refractivity contribution is 5.92. The molecule has 0 spiro atoms. The molecule has 0 aromatic heterocycles. The van der Waals surface area contributed by atoms with E-state index < -0.39 is 0 Å². The summed E-state index contributed by atoms with van der Waals surface area (Å²) in [6.45, 7) is 6.74. The van der Waals surface area contributed by atoms with Crippen LogP contribution < -0.4 is 5.32 Å². The molecule has 0 saturated carbocycles. The number of rotatable bonds is 8. The minimum absolute atomic E-state index is 0.0952. The van der Waals surface area contributed by atoms with Crippen LogP contribution in [0, 0.1) is 0 Å². The minimum Gasteiger partial charge on any atom is -0.378 e. The largest absolute Gasteiger partial charge is 0.378 e.